The van der Waals surface area contributed by atoms with Crippen LogP contribution in [0.4, 0.5) is 5.69 Å². The molecule has 1 aliphatic rings. The maximum Gasteiger partial charge on any atom is 0.195 e. The molecule has 1 aliphatic heterocycles. The third kappa shape index (κ3) is 6.15. The van der Waals surface area contributed by atoms with E-state index in [1.165, 1.54) is 0 Å². The number of benzene rings is 2. The van der Waals surface area contributed by atoms with Crippen LogP contribution in [0, 0.1) is 0 Å². The predicted octanol–water partition coefficient (Wildman–Crippen LogP) is 4.23. The topological polar surface area (TPSA) is 75.1 Å². The highest BCUT2D eigenvalue weighted by molar-refractivity contribution is 14.0. The Balaban J connectivity index is 0.00000280. The molecule has 0 spiro atoms. The molecule has 1 unspecified atom stereocenters. The molecule has 2 aromatic rings. The molecule has 0 saturated heterocycles. The second-order valence-electron chi connectivity index (χ2n) is 6.09. The summed E-state index contributed by atoms with van der Waals surface area (Å²) >= 11 is 6.14. The fraction of sp³-hybridized carbons (Fsp3) is 0.350. The van der Waals surface area contributed by atoms with Gasteiger partial charge in [0.15, 0.2) is 17.5 Å². The van der Waals surface area contributed by atoms with Crippen molar-refractivity contribution >= 4 is 47.2 Å². The molecule has 152 valence electrons. The first-order valence-corrected chi connectivity index (χ1v) is 9.42. The molecule has 3 N–H and O–H groups in total. The minimum absolute atomic E-state index is 0. The number of aliphatic hydroxyl groups excluding tert-OH is 1. The summed E-state index contributed by atoms with van der Waals surface area (Å²) in [5, 5.41) is 17.3. The second-order valence-corrected chi connectivity index (χ2v) is 6.50. The van der Waals surface area contributed by atoms with E-state index in [2.05, 4.69) is 15.6 Å². The summed E-state index contributed by atoms with van der Waals surface area (Å²) in [7, 11) is 0. The number of nitrogens with zero attached hydrogens (tertiary/aromatic N) is 1. The van der Waals surface area contributed by atoms with Crippen molar-refractivity contribution in [1.29, 1.82) is 0 Å². The lowest BCUT2D eigenvalue weighted by molar-refractivity contribution is 0.187. The van der Waals surface area contributed by atoms with Crippen LogP contribution in [-0.4, -0.2) is 37.4 Å². The van der Waals surface area contributed by atoms with Crippen LogP contribution in [0.25, 0.3) is 0 Å². The quantitative estimate of drug-likeness (QED) is 0.314. The predicted molar refractivity (Wildman–Crippen MR) is 123 cm³/mol. The van der Waals surface area contributed by atoms with Gasteiger partial charge in [0.25, 0.3) is 0 Å². The van der Waals surface area contributed by atoms with Crippen LogP contribution < -0.4 is 20.1 Å². The van der Waals surface area contributed by atoms with Crippen molar-refractivity contribution in [1.82, 2.24) is 5.32 Å². The zero-order valence-electron chi connectivity index (χ0n) is 15.7. The Kier molecular flexibility index (Phi) is 9.14. The molecular weight excluding hydrogens is 493 g/mol. The Hall–Kier alpha value is -1.71. The van der Waals surface area contributed by atoms with Crippen LogP contribution in [0.15, 0.2) is 47.5 Å². The molecule has 8 heteroatoms. The average Bonchev–Trinajstić information content (AvgIpc) is 2.91. The van der Waals surface area contributed by atoms with Crippen LogP contribution in [0.5, 0.6) is 11.5 Å². The molecule has 0 fully saturated rings. The smallest absolute Gasteiger partial charge is 0.195 e. The van der Waals surface area contributed by atoms with Gasteiger partial charge in [-0.25, -0.2) is 4.99 Å². The Labute approximate surface area is 187 Å². The first-order valence-electron chi connectivity index (χ1n) is 9.05. The number of nitrogens with one attached hydrogen (secondary N) is 2. The summed E-state index contributed by atoms with van der Waals surface area (Å²) < 4.78 is 11.4. The second kappa shape index (κ2) is 11.3. The summed E-state index contributed by atoms with van der Waals surface area (Å²) in [6.07, 6.45) is 0.0829. The lowest BCUT2D eigenvalue weighted by Gasteiger charge is -2.15. The van der Waals surface area contributed by atoms with Gasteiger partial charge < -0.3 is 25.2 Å². The van der Waals surface area contributed by atoms with Crippen molar-refractivity contribution in [2.24, 2.45) is 4.99 Å². The number of fused-ring (bicyclic) bond motifs is 1. The van der Waals surface area contributed by atoms with Crippen LogP contribution in [0.2, 0.25) is 5.02 Å². The van der Waals surface area contributed by atoms with Crippen LogP contribution in [0.3, 0.4) is 0 Å². The molecule has 0 bridgehead atoms. The molecule has 0 aromatic heterocycles. The maximum absolute atomic E-state index is 10.4. The fourth-order valence-electron chi connectivity index (χ4n) is 2.71. The van der Waals surface area contributed by atoms with E-state index in [1.54, 1.807) is 12.1 Å². The SMILES string of the molecule is CCNC(=NCC(O)c1ccccc1Cl)Nc1ccc2c(c1)OCCCO2.I. The third-order valence-electron chi connectivity index (χ3n) is 4.04. The molecular formula is C20H25ClIN3O3. The molecule has 3 rings (SSSR count). The standard InChI is InChI=1S/C20H24ClN3O3.HI/c1-2-22-20(23-13-17(25)15-6-3-4-7-16(15)21)24-14-8-9-18-19(12-14)27-11-5-10-26-18;/h3-4,6-9,12,17,25H,2,5,10-11,13H2,1H3,(H2,22,23,24);1H. The molecule has 0 saturated carbocycles. The van der Waals surface area contributed by atoms with E-state index < -0.39 is 6.10 Å². The van der Waals surface area contributed by atoms with Gasteiger partial charge in [0.05, 0.1) is 19.8 Å². The van der Waals surface area contributed by atoms with Gasteiger partial charge in [0, 0.05) is 35.3 Å². The molecule has 2 aromatic carbocycles. The van der Waals surface area contributed by atoms with Crippen molar-refractivity contribution in [3.63, 3.8) is 0 Å². The Bertz CT molecular complexity index is 804. The molecule has 0 aliphatic carbocycles. The van der Waals surface area contributed by atoms with Crippen molar-refractivity contribution in [2.45, 2.75) is 19.4 Å². The Morgan fingerprint density at radius 3 is 2.68 bits per heavy atom. The number of halogens is 2. The largest absolute Gasteiger partial charge is 0.490 e. The van der Waals surface area contributed by atoms with Gasteiger partial charge in [-0.1, -0.05) is 29.8 Å². The molecule has 28 heavy (non-hydrogen) atoms. The number of aliphatic imine (C=N–C) groups is 1. The average molecular weight is 518 g/mol. The van der Waals surface area contributed by atoms with E-state index in [0.717, 1.165) is 17.9 Å². The van der Waals surface area contributed by atoms with Gasteiger partial charge in [-0.15, -0.1) is 24.0 Å². The highest BCUT2D eigenvalue weighted by atomic mass is 127. The fourth-order valence-corrected chi connectivity index (χ4v) is 2.97. The molecule has 6 nitrogen and oxygen atoms in total. The monoisotopic (exact) mass is 517 g/mol. The van der Waals surface area contributed by atoms with Crippen molar-refractivity contribution in [3.8, 4) is 11.5 Å². The van der Waals surface area contributed by atoms with E-state index >= 15 is 0 Å². The lowest BCUT2D eigenvalue weighted by atomic mass is 10.1. The van der Waals surface area contributed by atoms with Crippen molar-refractivity contribution in [3.05, 3.63) is 53.1 Å². The summed E-state index contributed by atoms with van der Waals surface area (Å²) in [4.78, 5) is 4.47. The molecule has 0 amide bonds. The highest BCUT2D eigenvalue weighted by Gasteiger charge is 2.13. The summed E-state index contributed by atoms with van der Waals surface area (Å²) in [6, 6.07) is 12.9. The van der Waals surface area contributed by atoms with E-state index in [1.807, 2.05) is 37.3 Å². The zero-order valence-corrected chi connectivity index (χ0v) is 18.7. The number of anilines is 1. The third-order valence-corrected chi connectivity index (χ3v) is 4.39. The van der Waals surface area contributed by atoms with Gasteiger partial charge in [-0.2, -0.15) is 0 Å². The first kappa shape index (κ1) is 22.6. The Morgan fingerprint density at radius 1 is 1.18 bits per heavy atom. The van der Waals surface area contributed by atoms with Gasteiger partial charge >= 0.3 is 0 Å². The van der Waals surface area contributed by atoms with E-state index in [9.17, 15) is 5.11 Å². The van der Waals surface area contributed by atoms with Crippen LogP contribution in [0.1, 0.15) is 25.0 Å². The minimum atomic E-state index is -0.780. The normalized spacial score (nSPS) is 14.5. The van der Waals surface area contributed by atoms with Crippen LogP contribution in [-0.2, 0) is 0 Å². The summed E-state index contributed by atoms with van der Waals surface area (Å²) in [5.74, 6) is 2.02. The van der Waals surface area contributed by atoms with E-state index in [-0.39, 0.29) is 30.5 Å². The number of rotatable bonds is 5. The summed E-state index contributed by atoms with van der Waals surface area (Å²) in [5.41, 5.74) is 1.49. The maximum atomic E-state index is 10.4. The van der Waals surface area contributed by atoms with Gasteiger partial charge in [-0.05, 0) is 25.1 Å². The van der Waals surface area contributed by atoms with Gasteiger partial charge in [0.1, 0.15) is 6.10 Å². The number of hydrogen-bond acceptors (Lipinski definition) is 4. The number of ether oxygens (including phenoxy) is 2. The number of guanidine groups is 1. The molecule has 0 radical (unpaired) electrons. The zero-order chi connectivity index (χ0) is 19.1. The van der Waals surface area contributed by atoms with E-state index in [0.29, 0.717) is 42.1 Å². The molecule has 1 atom stereocenters. The first-order chi connectivity index (χ1) is 13.2. The van der Waals surface area contributed by atoms with Crippen molar-refractivity contribution in [2.75, 3.05) is 31.6 Å². The van der Waals surface area contributed by atoms with Gasteiger partial charge in [-0.3, -0.25) is 0 Å². The number of hydrogen-bond donors (Lipinski definition) is 3. The van der Waals surface area contributed by atoms with E-state index in [4.69, 9.17) is 21.1 Å². The minimum Gasteiger partial charge on any atom is -0.490 e. The molecule has 1 heterocycles. The number of aliphatic hydroxyl groups is 1. The Morgan fingerprint density at radius 2 is 1.93 bits per heavy atom. The van der Waals surface area contributed by atoms with Crippen molar-refractivity contribution < 1.29 is 14.6 Å². The van der Waals surface area contributed by atoms with Crippen LogP contribution >= 0.6 is 35.6 Å². The summed E-state index contributed by atoms with van der Waals surface area (Å²) in [6.45, 7) is 4.15. The highest BCUT2D eigenvalue weighted by Crippen LogP contribution is 2.32. The lowest BCUT2D eigenvalue weighted by Crippen LogP contribution is -2.31. The van der Waals surface area contributed by atoms with Gasteiger partial charge in [0.2, 0.25) is 0 Å².